The molecule has 4 heteroatoms. The first-order valence-corrected chi connectivity index (χ1v) is 5.07. The van der Waals surface area contributed by atoms with Gasteiger partial charge in [0.1, 0.15) is 0 Å². The number of anilines is 1. The second-order valence-electron chi connectivity index (χ2n) is 3.60. The molecule has 0 aliphatic rings. The predicted molar refractivity (Wildman–Crippen MR) is 62.1 cm³/mol. The Labute approximate surface area is 93.9 Å². The number of hydrogen-bond acceptors (Lipinski definition) is 2. The number of rotatable bonds is 3. The Morgan fingerprint density at radius 2 is 2.12 bits per heavy atom. The lowest BCUT2D eigenvalue weighted by Gasteiger charge is -2.01. The fraction of sp³-hybridized carbons (Fsp3) is 0.167. The highest BCUT2D eigenvalue weighted by Gasteiger charge is 2.00. The topological polar surface area (TPSA) is 46.9 Å². The van der Waals surface area contributed by atoms with Gasteiger partial charge in [-0.1, -0.05) is 30.3 Å². The summed E-state index contributed by atoms with van der Waals surface area (Å²) in [5.74, 6) is 0.480. The molecule has 2 aromatic rings. The number of nitrogens with one attached hydrogen (secondary N) is 1. The molecule has 0 fully saturated rings. The number of benzene rings is 1. The molecule has 0 saturated carbocycles. The Bertz CT molecular complexity index is 476. The summed E-state index contributed by atoms with van der Waals surface area (Å²) < 4.78 is 1.93. The number of imidazole rings is 1. The maximum absolute atomic E-state index is 10.8. The summed E-state index contributed by atoms with van der Waals surface area (Å²) in [5.41, 5.74) is 1.20. The Balaban J connectivity index is 2.06. The van der Waals surface area contributed by atoms with Crippen molar-refractivity contribution in [2.45, 2.75) is 13.5 Å². The molecular formula is C12H13N3O. The summed E-state index contributed by atoms with van der Waals surface area (Å²) in [6.45, 7) is 2.23. The van der Waals surface area contributed by atoms with E-state index in [0.29, 0.717) is 5.82 Å². The molecule has 82 valence electrons. The minimum absolute atomic E-state index is 0.107. The van der Waals surface area contributed by atoms with Crippen LogP contribution >= 0.6 is 0 Å². The third-order valence-electron chi connectivity index (χ3n) is 2.15. The molecule has 0 bridgehead atoms. The molecule has 0 saturated heterocycles. The maximum Gasteiger partial charge on any atom is 0.222 e. The van der Waals surface area contributed by atoms with E-state index >= 15 is 0 Å². The molecule has 16 heavy (non-hydrogen) atoms. The standard InChI is InChI=1S/C12H13N3O/c1-10(16)14-12-8-15(9-13-12)7-11-5-3-2-4-6-11/h2-6,8-9H,7H2,1H3,(H,14,16). The van der Waals surface area contributed by atoms with E-state index in [9.17, 15) is 4.79 Å². The van der Waals surface area contributed by atoms with Gasteiger partial charge in [0.15, 0.2) is 5.82 Å². The zero-order chi connectivity index (χ0) is 11.4. The predicted octanol–water partition coefficient (Wildman–Crippen LogP) is 1.89. The van der Waals surface area contributed by atoms with Crippen LogP contribution in [0, 0.1) is 0 Å². The van der Waals surface area contributed by atoms with Crippen LogP contribution in [-0.4, -0.2) is 15.5 Å². The highest BCUT2D eigenvalue weighted by Crippen LogP contribution is 2.06. The highest BCUT2D eigenvalue weighted by molar-refractivity contribution is 5.87. The van der Waals surface area contributed by atoms with Crippen LogP contribution < -0.4 is 5.32 Å². The largest absolute Gasteiger partial charge is 0.331 e. The van der Waals surface area contributed by atoms with E-state index in [1.54, 1.807) is 6.33 Å². The maximum atomic E-state index is 10.8. The van der Waals surface area contributed by atoms with Gasteiger partial charge >= 0.3 is 0 Å². The Morgan fingerprint density at radius 1 is 1.38 bits per heavy atom. The van der Waals surface area contributed by atoms with Crippen LogP contribution in [-0.2, 0) is 11.3 Å². The second kappa shape index (κ2) is 4.61. The third kappa shape index (κ3) is 2.70. The first-order chi connectivity index (χ1) is 7.74. The van der Waals surface area contributed by atoms with Crippen LogP contribution in [0.4, 0.5) is 5.82 Å². The van der Waals surface area contributed by atoms with Crippen LogP contribution in [0.3, 0.4) is 0 Å². The van der Waals surface area contributed by atoms with Gasteiger partial charge in [-0.05, 0) is 5.56 Å². The number of nitrogens with zero attached hydrogens (tertiary/aromatic N) is 2. The van der Waals surface area contributed by atoms with E-state index in [4.69, 9.17) is 0 Å². The first kappa shape index (κ1) is 10.4. The molecule has 0 radical (unpaired) electrons. The van der Waals surface area contributed by atoms with E-state index in [1.165, 1.54) is 12.5 Å². The van der Waals surface area contributed by atoms with E-state index < -0.39 is 0 Å². The van der Waals surface area contributed by atoms with E-state index in [2.05, 4.69) is 22.4 Å². The molecule has 1 aromatic heterocycles. The van der Waals surface area contributed by atoms with Crippen LogP contribution in [0.25, 0.3) is 0 Å². The summed E-state index contributed by atoms with van der Waals surface area (Å²) in [5, 5.41) is 2.64. The molecule has 1 amide bonds. The van der Waals surface area contributed by atoms with Gasteiger partial charge in [0, 0.05) is 19.7 Å². The molecular weight excluding hydrogens is 202 g/mol. The van der Waals surface area contributed by atoms with Gasteiger partial charge in [0.25, 0.3) is 0 Å². The minimum atomic E-state index is -0.107. The molecule has 1 N–H and O–H groups in total. The van der Waals surface area contributed by atoms with Crippen LogP contribution in [0.2, 0.25) is 0 Å². The summed E-state index contributed by atoms with van der Waals surface area (Å²) in [7, 11) is 0. The molecule has 4 nitrogen and oxygen atoms in total. The van der Waals surface area contributed by atoms with Crippen molar-refractivity contribution in [3.8, 4) is 0 Å². The van der Waals surface area contributed by atoms with Crippen LogP contribution in [0.5, 0.6) is 0 Å². The minimum Gasteiger partial charge on any atom is -0.331 e. The molecule has 0 aliphatic heterocycles. The first-order valence-electron chi connectivity index (χ1n) is 5.07. The Morgan fingerprint density at radius 3 is 2.81 bits per heavy atom. The van der Waals surface area contributed by atoms with E-state index in [0.717, 1.165) is 6.54 Å². The summed E-state index contributed by atoms with van der Waals surface area (Å²) in [6, 6.07) is 10.1. The van der Waals surface area contributed by atoms with Gasteiger partial charge in [0.05, 0.1) is 6.33 Å². The van der Waals surface area contributed by atoms with Gasteiger partial charge in [-0.25, -0.2) is 4.98 Å². The summed E-state index contributed by atoms with van der Waals surface area (Å²) in [6.07, 6.45) is 3.52. The van der Waals surface area contributed by atoms with Crippen LogP contribution in [0.15, 0.2) is 42.9 Å². The van der Waals surface area contributed by atoms with Gasteiger partial charge in [-0.3, -0.25) is 4.79 Å². The molecule has 1 aromatic carbocycles. The fourth-order valence-electron chi connectivity index (χ4n) is 1.49. The SMILES string of the molecule is CC(=O)Nc1cn(Cc2ccccc2)cn1. The van der Waals surface area contributed by atoms with Gasteiger partial charge in [0.2, 0.25) is 5.91 Å². The third-order valence-corrected chi connectivity index (χ3v) is 2.15. The molecule has 0 spiro atoms. The number of aromatic nitrogens is 2. The van der Waals surface area contributed by atoms with E-state index in [1.807, 2.05) is 29.0 Å². The monoisotopic (exact) mass is 215 g/mol. The molecule has 2 rings (SSSR count). The number of carbonyl (C=O) groups is 1. The van der Waals surface area contributed by atoms with Crippen molar-refractivity contribution in [1.82, 2.24) is 9.55 Å². The van der Waals surface area contributed by atoms with Gasteiger partial charge < -0.3 is 9.88 Å². The normalized spacial score (nSPS) is 10.1. The zero-order valence-corrected chi connectivity index (χ0v) is 9.05. The van der Waals surface area contributed by atoms with Crippen LogP contribution in [0.1, 0.15) is 12.5 Å². The highest BCUT2D eigenvalue weighted by atomic mass is 16.1. The van der Waals surface area contributed by atoms with Crippen molar-refractivity contribution in [2.75, 3.05) is 5.32 Å². The number of amides is 1. The number of carbonyl (C=O) groups excluding carboxylic acids is 1. The average molecular weight is 215 g/mol. The van der Waals surface area contributed by atoms with Crippen molar-refractivity contribution in [3.05, 3.63) is 48.4 Å². The smallest absolute Gasteiger partial charge is 0.222 e. The number of hydrogen-bond donors (Lipinski definition) is 1. The molecule has 0 aliphatic carbocycles. The van der Waals surface area contributed by atoms with Crippen molar-refractivity contribution in [1.29, 1.82) is 0 Å². The van der Waals surface area contributed by atoms with Crippen molar-refractivity contribution in [3.63, 3.8) is 0 Å². The average Bonchev–Trinajstić information content (AvgIpc) is 2.66. The summed E-state index contributed by atoms with van der Waals surface area (Å²) >= 11 is 0. The molecule has 1 heterocycles. The van der Waals surface area contributed by atoms with Gasteiger partial charge in [-0.15, -0.1) is 0 Å². The quantitative estimate of drug-likeness (QED) is 0.849. The van der Waals surface area contributed by atoms with E-state index in [-0.39, 0.29) is 5.91 Å². The lowest BCUT2D eigenvalue weighted by atomic mass is 10.2. The van der Waals surface area contributed by atoms with Gasteiger partial charge in [-0.2, -0.15) is 0 Å². The van der Waals surface area contributed by atoms with Crippen molar-refractivity contribution < 1.29 is 4.79 Å². The second-order valence-corrected chi connectivity index (χ2v) is 3.60. The Kier molecular flexibility index (Phi) is 3.00. The molecule has 0 atom stereocenters. The lowest BCUT2D eigenvalue weighted by Crippen LogP contribution is -2.05. The van der Waals surface area contributed by atoms with Crippen molar-refractivity contribution in [2.24, 2.45) is 0 Å². The Hall–Kier alpha value is -2.10. The fourth-order valence-corrected chi connectivity index (χ4v) is 1.49. The van der Waals surface area contributed by atoms with Crippen molar-refractivity contribution >= 4 is 11.7 Å². The summed E-state index contributed by atoms with van der Waals surface area (Å²) in [4.78, 5) is 14.9. The lowest BCUT2D eigenvalue weighted by molar-refractivity contribution is -0.114. The molecule has 0 unspecified atom stereocenters. The zero-order valence-electron chi connectivity index (χ0n) is 9.05.